The molecule has 4 rings (SSSR count). The van der Waals surface area contributed by atoms with Crippen LogP contribution in [0.25, 0.3) is 0 Å². The molecule has 0 radical (unpaired) electrons. The number of halogens is 1. The Kier molecular flexibility index (Phi) is 3.48. The van der Waals surface area contributed by atoms with Crippen molar-refractivity contribution in [3.05, 3.63) is 106 Å². The maximum Gasteiger partial charge on any atom is 0.141 e. The molecule has 1 aliphatic rings. The highest BCUT2D eigenvalue weighted by Gasteiger charge is 2.38. The third-order valence-corrected chi connectivity index (χ3v) is 4.99. The molecule has 0 saturated carbocycles. The molecular formula is C21H17ClO. The minimum Gasteiger partial charge on any atom is -0.376 e. The third-order valence-electron chi connectivity index (χ3n) is 4.74. The molecule has 1 nitrogen and oxygen atoms in total. The van der Waals surface area contributed by atoms with Gasteiger partial charge >= 0.3 is 0 Å². The van der Waals surface area contributed by atoms with E-state index in [-0.39, 0.29) is 0 Å². The molecule has 0 aromatic heterocycles. The number of hydrogen-bond acceptors (Lipinski definition) is 1. The summed E-state index contributed by atoms with van der Waals surface area (Å²) in [7, 11) is 0. The minimum atomic E-state index is -1.14. The molecule has 23 heavy (non-hydrogen) atoms. The largest absolute Gasteiger partial charge is 0.376 e. The van der Waals surface area contributed by atoms with E-state index in [9.17, 15) is 5.11 Å². The van der Waals surface area contributed by atoms with Crippen molar-refractivity contribution >= 4 is 11.6 Å². The quantitative estimate of drug-likeness (QED) is 0.687. The van der Waals surface area contributed by atoms with Crippen molar-refractivity contribution in [2.45, 2.75) is 18.4 Å². The van der Waals surface area contributed by atoms with Crippen LogP contribution in [0.2, 0.25) is 5.02 Å². The molecule has 0 amide bonds. The van der Waals surface area contributed by atoms with Gasteiger partial charge in [0.15, 0.2) is 0 Å². The van der Waals surface area contributed by atoms with Gasteiger partial charge < -0.3 is 5.11 Å². The molecule has 2 heteroatoms. The summed E-state index contributed by atoms with van der Waals surface area (Å²) in [6.45, 7) is 0. The Morgan fingerprint density at radius 1 is 0.696 bits per heavy atom. The number of benzene rings is 3. The van der Waals surface area contributed by atoms with E-state index in [1.807, 2.05) is 60.7 Å². The van der Waals surface area contributed by atoms with Gasteiger partial charge in [0.05, 0.1) is 0 Å². The smallest absolute Gasteiger partial charge is 0.141 e. The molecule has 0 heterocycles. The van der Waals surface area contributed by atoms with Gasteiger partial charge in [-0.15, -0.1) is 0 Å². The van der Waals surface area contributed by atoms with E-state index >= 15 is 0 Å². The highest BCUT2D eigenvalue weighted by molar-refractivity contribution is 6.30. The van der Waals surface area contributed by atoms with Crippen LogP contribution in [0, 0.1) is 0 Å². The molecule has 0 atom stereocenters. The molecular weight excluding hydrogens is 304 g/mol. The molecule has 0 aliphatic heterocycles. The average molecular weight is 321 g/mol. The lowest BCUT2D eigenvalue weighted by Gasteiger charge is -2.31. The van der Waals surface area contributed by atoms with E-state index in [0.29, 0.717) is 5.02 Å². The predicted octanol–water partition coefficient (Wildman–Crippen LogP) is 4.72. The summed E-state index contributed by atoms with van der Waals surface area (Å²) in [4.78, 5) is 0. The van der Waals surface area contributed by atoms with Crippen LogP contribution in [-0.4, -0.2) is 5.11 Å². The maximum absolute atomic E-state index is 11.9. The van der Waals surface area contributed by atoms with Gasteiger partial charge in [-0.05, 0) is 52.8 Å². The fourth-order valence-corrected chi connectivity index (χ4v) is 3.73. The summed E-state index contributed by atoms with van der Waals surface area (Å²) in [6.07, 6.45) is 1.87. The van der Waals surface area contributed by atoms with Crippen molar-refractivity contribution in [2.24, 2.45) is 0 Å². The molecule has 0 saturated heterocycles. The molecule has 0 spiro atoms. The zero-order valence-corrected chi connectivity index (χ0v) is 13.4. The lowest BCUT2D eigenvalue weighted by molar-refractivity contribution is 0.125. The zero-order chi connectivity index (χ0) is 15.9. The maximum atomic E-state index is 11.9. The molecule has 3 aromatic carbocycles. The Morgan fingerprint density at radius 3 is 1.70 bits per heavy atom. The van der Waals surface area contributed by atoms with Crippen LogP contribution >= 0.6 is 11.6 Å². The second kappa shape index (κ2) is 5.52. The first-order valence-electron chi connectivity index (χ1n) is 7.85. The lowest BCUT2D eigenvalue weighted by Crippen LogP contribution is -2.30. The number of rotatable bonds is 1. The van der Waals surface area contributed by atoms with Crippen molar-refractivity contribution in [3.8, 4) is 0 Å². The summed E-state index contributed by atoms with van der Waals surface area (Å²) in [5.74, 6) is 0. The first-order chi connectivity index (χ1) is 11.2. The van der Waals surface area contributed by atoms with E-state index in [4.69, 9.17) is 11.6 Å². The summed E-state index contributed by atoms with van der Waals surface area (Å²) in [5, 5.41) is 12.5. The lowest BCUT2D eigenvalue weighted by atomic mass is 9.78. The van der Waals surface area contributed by atoms with Gasteiger partial charge in [0, 0.05) is 5.02 Å². The van der Waals surface area contributed by atoms with Crippen molar-refractivity contribution in [1.29, 1.82) is 0 Å². The predicted molar refractivity (Wildman–Crippen MR) is 93.8 cm³/mol. The van der Waals surface area contributed by atoms with E-state index in [2.05, 4.69) is 12.1 Å². The molecule has 1 aliphatic carbocycles. The Hall–Kier alpha value is -2.09. The van der Waals surface area contributed by atoms with Crippen molar-refractivity contribution in [2.75, 3.05) is 0 Å². The van der Waals surface area contributed by atoms with Crippen LogP contribution in [0.5, 0.6) is 0 Å². The van der Waals surface area contributed by atoms with Crippen molar-refractivity contribution in [1.82, 2.24) is 0 Å². The topological polar surface area (TPSA) is 20.2 Å². The average Bonchev–Trinajstić information content (AvgIpc) is 2.72. The molecule has 0 unspecified atom stereocenters. The summed E-state index contributed by atoms with van der Waals surface area (Å²) < 4.78 is 0. The summed E-state index contributed by atoms with van der Waals surface area (Å²) in [5.41, 5.74) is 4.03. The van der Waals surface area contributed by atoms with Crippen molar-refractivity contribution < 1.29 is 5.11 Å². The SMILES string of the molecule is OC1(c2ccc(Cl)cc2)c2ccccc2CCc2ccccc21. The number of fused-ring (bicyclic) bond motifs is 2. The van der Waals surface area contributed by atoms with Gasteiger partial charge in [-0.2, -0.15) is 0 Å². The fourth-order valence-electron chi connectivity index (χ4n) is 3.60. The molecule has 3 aromatic rings. The number of aliphatic hydroxyl groups is 1. The van der Waals surface area contributed by atoms with Crippen LogP contribution in [0.15, 0.2) is 72.8 Å². The molecule has 0 bridgehead atoms. The Labute approximate surface area is 141 Å². The Morgan fingerprint density at radius 2 is 1.17 bits per heavy atom. The van der Waals surface area contributed by atoms with Crippen LogP contribution in [-0.2, 0) is 18.4 Å². The van der Waals surface area contributed by atoms with E-state index in [1.165, 1.54) is 11.1 Å². The van der Waals surface area contributed by atoms with Crippen LogP contribution in [0.3, 0.4) is 0 Å². The second-order valence-corrected chi connectivity index (χ2v) is 6.47. The zero-order valence-electron chi connectivity index (χ0n) is 12.7. The summed E-state index contributed by atoms with van der Waals surface area (Å²) in [6, 6.07) is 23.9. The van der Waals surface area contributed by atoms with E-state index in [1.54, 1.807) is 0 Å². The standard InChI is InChI=1S/C21H17ClO/c22-18-13-11-17(12-14-18)21(23)19-7-3-1-5-15(19)9-10-16-6-2-4-8-20(16)21/h1-8,11-14,23H,9-10H2. The fraction of sp³-hybridized carbons (Fsp3) is 0.143. The highest BCUT2D eigenvalue weighted by atomic mass is 35.5. The van der Waals surface area contributed by atoms with Gasteiger partial charge in [-0.25, -0.2) is 0 Å². The monoisotopic (exact) mass is 320 g/mol. The first kappa shape index (κ1) is 14.5. The van der Waals surface area contributed by atoms with Gasteiger partial charge in [0.1, 0.15) is 5.60 Å². The number of aryl methyl sites for hydroxylation is 2. The Bertz CT molecular complexity index is 804. The van der Waals surface area contributed by atoms with E-state index in [0.717, 1.165) is 29.5 Å². The van der Waals surface area contributed by atoms with Crippen molar-refractivity contribution in [3.63, 3.8) is 0 Å². The first-order valence-corrected chi connectivity index (χ1v) is 8.22. The Balaban J connectivity index is 2.05. The molecule has 1 N–H and O–H groups in total. The molecule has 0 fully saturated rings. The minimum absolute atomic E-state index is 0.674. The second-order valence-electron chi connectivity index (χ2n) is 6.03. The van der Waals surface area contributed by atoms with Gasteiger partial charge in [0.25, 0.3) is 0 Å². The normalized spacial score (nSPS) is 15.4. The van der Waals surface area contributed by atoms with Crippen LogP contribution in [0.4, 0.5) is 0 Å². The molecule has 114 valence electrons. The highest BCUT2D eigenvalue weighted by Crippen LogP contribution is 2.42. The van der Waals surface area contributed by atoms with Crippen LogP contribution < -0.4 is 0 Å². The number of hydrogen-bond donors (Lipinski definition) is 1. The third kappa shape index (κ3) is 2.28. The van der Waals surface area contributed by atoms with Gasteiger partial charge in [0.2, 0.25) is 0 Å². The van der Waals surface area contributed by atoms with E-state index < -0.39 is 5.60 Å². The summed E-state index contributed by atoms with van der Waals surface area (Å²) >= 11 is 6.05. The van der Waals surface area contributed by atoms with Gasteiger partial charge in [-0.3, -0.25) is 0 Å². The van der Waals surface area contributed by atoms with Gasteiger partial charge in [-0.1, -0.05) is 72.3 Å². The van der Waals surface area contributed by atoms with Crippen LogP contribution in [0.1, 0.15) is 27.8 Å².